The molecule has 0 unspecified atom stereocenters. The molecule has 0 amide bonds. The quantitative estimate of drug-likeness (QED) is 0.657. The summed E-state index contributed by atoms with van der Waals surface area (Å²) in [6.07, 6.45) is 3.01. The van der Waals surface area contributed by atoms with Gasteiger partial charge in [0.2, 0.25) is 0 Å². The molecule has 0 radical (unpaired) electrons. The van der Waals surface area contributed by atoms with E-state index in [4.69, 9.17) is 36.1 Å². The van der Waals surface area contributed by atoms with Crippen LogP contribution in [0.2, 0.25) is 5.02 Å². The van der Waals surface area contributed by atoms with Crippen molar-refractivity contribution in [2.24, 2.45) is 5.92 Å². The third-order valence-corrected chi connectivity index (χ3v) is 4.96. The van der Waals surface area contributed by atoms with Crippen LogP contribution in [0.4, 0.5) is 4.79 Å². The van der Waals surface area contributed by atoms with Crippen LogP contribution >= 0.6 is 11.6 Å². The van der Waals surface area contributed by atoms with Gasteiger partial charge in [-0.05, 0) is 74.4 Å². The van der Waals surface area contributed by atoms with E-state index in [1.807, 2.05) is 12.1 Å². The number of hydrogen-bond donors (Lipinski definition) is 2. The number of rotatable bonds is 5. The van der Waals surface area contributed by atoms with Crippen molar-refractivity contribution in [2.75, 3.05) is 0 Å². The molecule has 2 aromatic rings. The Morgan fingerprint density at radius 2 is 1.86 bits per heavy atom. The molecule has 0 saturated heterocycles. The zero-order chi connectivity index (χ0) is 20.3. The average molecular weight is 405 g/mol. The topological polar surface area (TPSA) is 76.0 Å². The number of carboxylic acid groups (broad SMARTS) is 2. The summed E-state index contributed by atoms with van der Waals surface area (Å²) in [4.78, 5) is 8.56. The molecule has 1 fully saturated rings. The van der Waals surface area contributed by atoms with E-state index in [0.717, 1.165) is 34.4 Å². The zero-order valence-corrected chi connectivity index (χ0v) is 16.8. The Morgan fingerprint density at radius 3 is 2.46 bits per heavy atom. The van der Waals surface area contributed by atoms with Gasteiger partial charge < -0.3 is 19.7 Å². The normalized spacial score (nSPS) is 16.4. The fraction of sp³-hybridized carbons (Fsp3) is 0.409. The molecule has 5 nitrogen and oxygen atoms in total. The SMILES string of the molecule is CC1(C)Cc2cc(Cl)cc(COc3ccc(CC4CC4)cc3)c2O1.O=C(O)O. The molecule has 0 atom stereocenters. The second kappa shape index (κ2) is 8.31. The van der Waals surface area contributed by atoms with Crippen molar-refractivity contribution in [3.05, 3.63) is 58.1 Å². The van der Waals surface area contributed by atoms with Gasteiger partial charge in [-0.3, -0.25) is 0 Å². The highest BCUT2D eigenvalue weighted by Crippen LogP contribution is 2.40. The number of benzene rings is 2. The van der Waals surface area contributed by atoms with Gasteiger partial charge in [0.15, 0.2) is 0 Å². The maximum absolute atomic E-state index is 8.56. The lowest BCUT2D eigenvalue weighted by atomic mass is 10.0. The van der Waals surface area contributed by atoms with Gasteiger partial charge in [0.1, 0.15) is 23.7 Å². The van der Waals surface area contributed by atoms with E-state index in [1.54, 1.807) is 0 Å². The highest BCUT2D eigenvalue weighted by atomic mass is 35.5. The van der Waals surface area contributed by atoms with E-state index in [2.05, 4.69) is 38.1 Å². The van der Waals surface area contributed by atoms with Crippen molar-refractivity contribution >= 4 is 17.8 Å². The smallest absolute Gasteiger partial charge is 0.489 e. The van der Waals surface area contributed by atoms with E-state index >= 15 is 0 Å². The predicted octanol–water partition coefficient (Wildman–Crippen LogP) is 5.81. The predicted molar refractivity (Wildman–Crippen MR) is 108 cm³/mol. The van der Waals surface area contributed by atoms with E-state index in [0.29, 0.717) is 6.61 Å². The molecule has 2 aromatic carbocycles. The largest absolute Gasteiger partial charge is 0.503 e. The van der Waals surface area contributed by atoms with Crippen LogP contribution < -0.4 is 9.47 Å². The summed E-state index contributed by atoms with van der Waals surface area (Å²) >= 11 is 6.27. The average Bonchev–Trinajstić information content (AvgIpc) is 3.34. The molecule has 1 aliphatic carbocycles. The molecule has 4 rings (SSSR count). The summed E-state index contributed by atoms with van der Waals surface area (Å²) in [6.45, 7) is 4.68. The number of hydrogen-bond acceptors (Lipinski definition) is 3. The van der Waals surface area contributed by atoms with Crippen LogP contribution in [0.3, 0.4) is 0 Å². The number of fused-ring (bicyclic) bond motifs is 1. The number of carbonyl (C=O) groups is 1. The molecule has 0 aromatic heterocycles. The van der Waals surface area contributed by atoms with E-state index in [1.165, 1.54) is 30.4 Å². The molecule has 2 N–H and O–H groups in total. The Bertz CT molecular complexity index is 837. The number of ether oxygens (including phenoxy) is 2. The van der Waals surface area contributed by atoms with Crippen molar-refractivity contribution in [3.63, 3.8) is 0 Å². The molecule has 1 aliphatic heterocycles. The molecule has 6 heteroatoms. The summed E-state index contributed by atoms with van der Waals surface area (Å²) in [5.74, 6) is 2.74. The van der Waals surface area contributed by atoms with Gasteiger partial charge in [0.25, 0.3) is 0 Å². The highest BCUT2D eigenvalue weighted by molar-refractivity contribution is 6.30. The summed E-state index contributed by atoms with van der Waals surface area (Å²) < 4.78 is 12.1. The van der Waals surface area contributed by atoms with Gasteiger partial charge >= 0.3 is 6.16 Å². The lowest BCUT2D eigenvalue weighted by molar-refractivity contribution is 0.134. The van der Waals surface area contributed by atoms with Crippen LogP contribution in [0.1, 0.15) is 43.4 Å². The van der Waals surface area contributed by atoms with Gasteiger partial charge in [-0.1, -0.05) is 23.7 Å². The molecular formula is C22H25ClO5. The molecule has 28 heavy (non-hydrogen) atoms. The third-order valence-electron chi connectivity index (χ3n) is 4.74. The van der Waals surface area contributed by atoms with Crippen molar-refractivity contribution < 1.29 is 24.5 Å². The molecule has 2 aliphatic rings. The maximum Gasteiger partial charge on any atom is 0.503 e. The molecule has 150 valence electrons. The van der Waals surface area contributed by atoms with Gasteiger partial charge in [0.05, 0.1) is 0 Å². The van der Waals surface area contributed by atoms with Gasteiger partial charge in [-0.15, -0.1) is 0 Å². The maximum atomic E-state index is 8.56. The fourth-order valence-electron chi connectivity index (χ4n) is 3.39. The highest BCUT2D eigenvalue weighted by Gasteiger charge is 2.32. The van der Waals surface area contributed by atoms with Crippen molar-refractivity contribution in [1.29, 1.82) is 0 Å². The van der Waals surface area contributed by atoms with Crippen LogP contribution in [0.5, 0.6) is 11.5 Å². The Morgan fingerprint density at radius 1 is 1.21 bits per heavy atom. The summed E-state index contributed by atoms with van der Waals surface area (Å²) in [6, 6.07) is 12.4. The van der Waals surface area contributed by atoms with Crippen molar-refractivity contribution in [2.45, 2.75) is 51.7 Å². The van der Waals surface area contributed by atoms with E-state index in [-0.39, 0.29) is 5.60 Å². The molecule has 0 spiro atoms. The van der Waals surface area contributed by atoms with Gasteiger partial charge in [0, 0.05) is 17.0 Å². The van der Waals surface area contributed by atoms with Gasteiger partial charge in [-0.2, -0.15) is 0 Å². The van der Waals surface area contributed by atoms with Crippen LogP contribution in [0.25, 0.3) is 0 Å². The Kier molecular flexibility index (Phi) is 6.04. The van der Waals surface area contributed by atoms with E-state index in [9.17, 15) is 0 Å². The molecule has 1 heterocycles. The Labute approximate surface area is 169 Å². The molecule has 1 saturated carbocycles. The van der Waals surface area contributed by atoms with Crippen molar-refractivity contribution in [3.8, 4) is 11.5 Å². The minimum atomic E-state index is -1.83. The Balaban J connectivity index is 0.000000516. The van der Waals surface area contributed by atoms with Gasteiger partial charge in [-0.25, -0.2) is 4.79 Å². The summed E-state index contributed by atoms with van der Waals surface area (Å²) in [5.41, 5.74) is 3.42. The first-order valence-electron chi connectivity index (χ1n) is 9.36. The summed E-state index contributed by atoms with van der Waals surface area (Å²) in [5, 5.41) is 14.7. The Hall–Kier alpha value is -2.40. The number of halogens is 1. The summed E-state index contributed by atoms with van der Waals surface area (Å²) in [7, 11) is 0. The third kappa shape index (κ3) is 5.80. The second-order valence-electron chi connectivity index (χ2n) is 7.95. The molecular weight excluding hydrogens is 380 g/mol. The lowest BCUT2D eigenvalue weighted by Crippen LogP contribution is -2.25. The lowest BCUT2D eigenvalue weighted by Gasteiger charge is -2.18. The van der Waals surface area contributed by atoms with Crippen molar-refractivity contribution in [1.82, 2.24) is 0 Å². The minimum absolute atomic E-state index is 0.174. The fourth-order valence-corrected chi connectivity index (χ4v) is 3.65. The van der Waals surface area contributed by atoms with Crippen LogP contribution in [0.15, 0.2) is 36.4 Å². The van der Waals surface area contributed by atoms with Crippen LogP contribution in [0, 0.1) is 5.92 Å². The first kappa shape index (κ1) is 20.3. The molecule has 0 bridgehead atoms. The van der Waals surface area contributed by atoms with E-state index < -0.39 is 6.16 Å². The van der Waals surface area contributed by atoms with Crippen LogP contribution in [-0.2, 0) is 19.4 Å². The zero-order valence-electron chi connectivity index (χ0n) is 16.1. The first-order chi connectivity index (χ1) is 13.2. The van der Waals surface area contributed by atoms with Crippen LogP contribution in [-0.4, -0.2) is 22.0 Å². The monoisotopic (exact) mass is 404 g/mol. The second-order valence-corrected chi connectivity index (χ2v) is 8.39. The first-order valence-corrected chi connectivity index (χ1v) is 9.73. The minimum Gasteiger partial charge on any atom is -0.489 e. The standard InChI is InChI=1S/C21H23ClO2.CH2O3/c1-21(2)12-16-10-18(22)11-17(20(16)24-21)13-23-19-7-5-15(6-8-19)9-14-3-4-14;2-1(3)4/h5-8,10-11,14H,3-4,9,12-13H2,1-2H3;(H2,2,3,4).